The zero-order valence-corrected chi connectivity index (χ0v) is 11.4. The van der Waals surface area contributed by atoms with Crippen LogP contribution in [0.5, 0.6) is 0 Å². The molecule has 0 atom stereocenters. The van der Waals surface area contributed by atoms with E-state index in [1.54, 1.807) is 29.2 Å². The summed E-state index contributed by atoms with van der Waals surface area (Å²) in [6.45, 7) is 1.17. The summed E-state index contributed by atoms with van der Waals surface area (Å²) in [4.78, 5) is 24.5. The molecular formula is C15H20N2O3. The molecule has 5 nitrogen and oxygen atoms in total. The Bertz CT molecular complexity index is 462. The maximum atomic E-state index is 12.4. The van der Waals surface area contributed by atoms with Gasteiger partial charge in [-0.15, -0.1) is 0 Å². The number of allylic oxidation sites excluding steroid dienone is 6. The van der Waals surface area contributed by atoms with Gasteiger partial charge in [-0.25, -0.2) is 0 Å². The monoisotopic (exact) mass is 276 g/mol. The molecule has 1 amide bonds. The Morgan fingerprint density at radius 2 is 1.80 bits per heavy atom. The number of nitrogens with zero attached hydrogens (tertiary/aromatic N) is 1. The van der Waals surface area contributed by atoms with E-state index in [2.05, 4.69) is 0 Å². The molecule has 0 unspecified atom stereocenters. The summed E-state index contributed by atoms with van der Waals surface area (Å²) in [7, 11) is 0. The quantitative estimate of drug-likeness (QED) is 0.733. The molecule has 0 aromatic carbocycles. The fourth-order valence-corrected chi connectivity index (χ4v) is 1.78. The lowest BCUT2D eigenvalue weighted by molar-refractivity contribution is -0.137. The first-order valence-electron chi connectivity index (χ1n) is 6.58. The van der Waals surface area contributed by atoms with Gasteiger partial charge in [0.1, 0.15) is 0 Å². The molecule has 0 saturated carbocycles. The first-order chi connectivity index (χ1) is 9.65. The summed E-state index contributed by atoms with van der Waals surface area (Å²) in [6.07, 6.45) is 13.1. The zero-order chi connectivity index (χ0) is 14.8. The van der Waals surface area contributed by atoms with Crippen LogP contribution in [0, 0.1) is 0 Å². The SMILES string of the molecule is NCCN(CCCC(=O)O)C(=O)C1=CC=CC=CC=C1. The lowest BCUT2D eigenvalue weighted by atomic mass is 10.1. The molecule has 1 rings (SSSR count). The molecule has 0 fully saturated rings. The zero-order valence-electron chi connectivity index (χ0n) is 11.4. The largest absolute Gasteiger partial charge is 0.481 e. The van der Waals surface area contributed by atoms with E-state index in [0.29, 0.717) is 31.6 Å². The van der Waals surface area contributed by atoms with Crippen molar-refractivity contribution in [3.05, 3.63) is 48.1 Å². The molecule has 20 heavy (non-hydrogen) atoms. The van der Waals surface area contributed by atoms with E-state index in [4.69, 9.17) is 10.8 Å². The number of aliphatic carboxylic acids is 1. The lowest BCUT2D eigenvalue weighted by Crippen LogP contribution is -2.37. The van der Waals surface area contributed by atoms with Crippen molar-refractivity contribution < 1.29 is 14.7 Å². The van der Waals surface area contributed by atoms with E-state index < -0.39 is 5.97 Å². The Morgan fingerprint density at radius 1 is 1.10 bits per heavy atom. The van der Waals surface area contributed by atoms with Gasteiger partial charge in [-0.3, -0.25) is 9.59 Å². The smallest absolute Gasteiger partial charge is 0.303 e. The second-order valence-corrected chi connectivity index (χ2v) is 4.33. The summed E-state index contributed by atoms with van der Waals surface area (Å²) >= 11 is 0. The van der Waals surface area contributed by atoms with Gasteiger partial charge >= 0.3 is 5.97 Å². The number of carboxylic acids is 1. The van der Waals surface area contributed by atoms with Crippen molar-refractivity contribution in [2.45, 2.75) is 12.8 Å². The standard InChI is InChI=1S/C15H20N2O3/c16-10-12-17(11-6-9-14(18)19)15(20)13-7-4-2-1-3-5-8-13/h1-5,7-8H,6,9-12,16H2,(H,18,19). The molecule has 1 aliphatic carbocycles. The predicted octanol–water partition coefficient (Wildman–Crippen LogP) is 1.25. The number of amides is 1. The van der Waals surface area contributed by atoms with E-state index in [1.165, 1.54) is 0 Å². The van der Waals surface area contributed by atoms with E-state index in [0.717, 1.165) is 0 Å². The van der Waals surface area contributed by atoms with Gasteiger partial charge in [-0.2, -0.15) is 0 Å². The van der Waals surface area contributed by atoms with Crippen LogP contribution in [0.15, 0.2) is 48.1 Å². The molecule has 0 saturated heterocycles. The van der Waals surface area contributed by atoms with Crippen molar-refractivity contribution in [3.8, 4) is 0 Å². The normalized spacial score (nSPS) is 13.6. The predicted molar refractivity (Wildman–Crippen MR) is 78.0 cm³/mol. The van der Waals surface area contributed by atoms with E-state index in [1.807, 2.05) is 18.2 Å². The third-order valence-corrected chi connectivity index (χ3v) is 2.75. The Kier molecular flexibility index (Phi) is 7.06. The summed E-state index contributed by atoms with van der Waals surface area (Å²) in [5.41, 5.74) is 6.08. The number of hydrogen-bond donors (Lipinski definition) is 2. The van der Waals surface area contributed by atoms with Crippen molar-refractivity contribution in [1.82, 2.24) is 4.90 Å². The van der Waals surface area contributed by atoms with Gasteiger partial charge in [0.25, 0.3) is 5.91 Å². The minimum absolute atomic E-state index is 0.0475. The van der Waals surface area contributed by atoms with Crippen LogP contribution in [-0.2, 0) is 9.59 Å². The number of hydrogen-bond acceptors (Lipinski definition) is 3. The number of nitrogens with two attached hydrogens (primary N) is 1. The third-order valence-electron chi connectivity index (χ3n) is 2.75. The van der Waals surface area contributed by atoms with Gasteiger partial charge < -0.3 is 15.7 Å². The van der Waals surface area contributed by atoms with E-state index >= 15 is 0 Å². The maximum absolute atomic E-state index is 12.4. The fourth-order valence-electron chi connectivity index (χ4n) is 1.78. The first-order valence-corrected chi connectivity index (χ1v) is 6.58. The van der Waals surface area contributed by atoms with Gasteiger partial charge in [0.2, 0.25) is 0 Å². The Hall–Kier alpha value is -2.14. The second-order valence-electron chi connectivity index (χ2n) is 4.33. The molecule has 0 aromatic rings. The summed E-state index contributed by atoms with van der Waals surface area (Å²) in [5.74, 6) is -0.986. The molecule has 0 aliphatic heterocycles. The highest BCUT2D eigenvalue weighted by Crippen LogP contribution is 2.08. The maximum Gasteiger partial charge on any atom is 0.303 e. The highest BCUT2D eigenvalue weighted by molar-refractivity contribution is 5.96. The summed E-state index contributed by atoms with van der Waals surface area (Å²) in [5, 5.41) is 8.64. The second kappa shape index (κ2) is 8.87. The number of carbonyl (C=O) groups is 2. The summed E-state index contributed by atoms with van der Waals surface area (Å²) in [6, 6.07) is 0. The molecular weight excluding hydrogens is 256 g/mol. The van der Waals surface area contributed by atoms with Crippen molar-refractivity contribution in [3.63, 3.8) is 0 Å². The first kappa shape index (κ1) is 15.9. The van der Waals surface area contributed by atoms with Crippen LogP contribution < -0.4 is 5.73 Å². The minimum Gasteiger partial charge on any atom is -0.481 e. The van der Waals surface area contributed by atoms with Crippen LogP contribution in [0.3, 0.4) is 0 Å². The Morgan fingerprint density at radius 3 is 2.50 bits per heavy atom. The molecule has 0 spiro atoms. The Balaban J connectivity index is 2.69. The number of carbonyl (C=O) groups excluding carboxylic acids is 1. The van der Waals surface area contributed by atoms with Crippen LogP contribution in [0.4, 0.5) is 0 Å². The average Bonchev–Trinajstić information content (AvgIpc) is 2.36. The fraction of sp³-hybridized carbons (Fsp3) is 0.333. The van der Waals surface area contributed by atoms with Gasteiger partial charge in [-0.05, 0) is 18.6 Å². The van der Waals surface area contributed by atoms with Crippen LogP contribution in [0.2, 0.25) is 0 Å². The summed E-state index contributed by atoms with van der Waals surface area (Å²) < 4.78 is 0. The molecule has 5 heteroatoms. The lowest BCUT2D eigenvalue weighted by Gasteiger charge is -2.22. The van der Waals surface area contributed by atoms with Crippen molar-refractivity contribution >= 4 is 11.9 Å². The van der Waals surface area contributed by atoms with E-state index in [9.17, 15) is 9.59 Å². The van der Waals surface area contributed by atoms with Crippen LogP contribution in [0.25, 0.3) is 0 Å². The van der Waals surface area contributed by atoms with Crippen molar-refractivity contribution in [2.75, 3.05) is 19.6 Å². The molecule has 3 N–H and O–H groups in total. The van der Waals surface area contributed by atoms with Gasteiger partial charge in [0.05, 0.1) is 0 Å². The molecule has 108 valence electrons. The van der Waals surface area contributed by atoms with Crippen molar-refractivity contribution in [1.29, 1.82) is 0 Å². The van der Waals surface area contributed by atoms with Crippen molar-refractivity contribution in [2.24, 2.45) is 5.73 Å². The van der Waals surface area contributed by atoms with Gasteiger partial charge in [0.15, 0.2) is 0 Å². The average molecular weight is 276 g/mol. The molecule has 0 heterocycles. The van der Waals surface area contributed by atoms with Gasteiger partial charge in [0, 0.05) is 31.6 Å². The minimum atomic E-state index is -0.858. The molecule has 0 aromatic heterocycles. The number of carboxylic acid groups (broad SMARTS) is 1. The number of rotatable bonds is 7. The van der Waals surface area contributed by atoms with Crippen LogP contribution >= 0.6 is 0 Å². The molecule has 0 radical (unpaired) electrons. The highest BCUT2D eigenvalue weighted by atomic mass is 16.4. The van der Waals surface area contributed by atoms with E-state index in [-0.39, 0.29) is 12.3 Å². The topological polar surface area (TPSA) is 83.6 Å². The van der Waals surface area contributed by atoms with Crippen LogP contribution in [-0.4, -0.2) is 41.5 Å². The highest BCUT2D eigenvalue weighted by Gasteiger charge is 2.15. The van der Waals surface area contributed by atoms with Crippen LogP contribution in [0.1, 0.15) is 12.8 Å². The molecule has 0 bridgehead atoms. The molecule has 1 aliphatic rings. The Labute approximate surface area is 118 Å². The van der Waals surface area contributed by atoms with Gasteiger partial charge in [-0.1, -0.05) is 30.4 Å². The third kappa shape index (κ3) is 5.67.